The summed E-state index contributed by atoms with van der Waals surface area (Å²) in [7, 11) is -3.25. The zero-order chi connectivity index (χ0) is 13.6. The van der Waals surface area contributed by atoms with Gasteiger partial charge in [0.1, 0.15) is 17.3 Å². The highest BCUT2D eigenvalue weighted by Crippen LogP contribution is 2.16. The van der Waals surface area contributed by atoms with Crippen molar-refractivity contribution in [2.24, 2.45) is 5.73 Å². The van der Waals surface area contributed by atoms with E-state index in [0.29, 0.717) is 17.9 Å². The van der Waals surface area contributed by atoms with Gasteiger partial charge in [-0.2, -0.15) is 0 Å². The number of nitrogens with one attached hydrogen (secondary N) is 1. The van der Waals surface area contributed by atoms with E-state index in [2.05, 4.69) is 16.9 Å². The van der Waals surface area contributed by atoms with Crippen molar-refractivity contribution in [1.29, 1.82) is 0 Å². The smallest absolute Gasteiger partial charge is 0.232 e. The average Bonchev–Trinajstić information content (AvgIpc) is 2.27. The number of thiocarbonyl (C=S) groups is 1. The maximum Gasteiger partial charge on any atom is 0.232 e. The largest absolute Gasteiger partial charge is 0.487 e. The summed E-state index contributed by atoms with van der Waals surface area (Å²) in [5.74, 6) is 0.688. The Morgan fingerprint density at radius 1 is 1.39 bits per heavy atom. The molecule has 0 bridgehead atoms. The van der Waals surface area contributed by atoms with Gasteiger partial charge in [-0.15, -0.1) is 0 Å². The van der Waals surface area contributed by atoms with Gasteiger partial charge in [0, 0.05) is 5.69 Å². The van der Waals surface area contributed by atoms with E-state index in [1.165, 1.54) is 0 Å². The minimum Gasteiger partial charge on any atom is -0.487 e. The maximum absolute atomic E-state index is 11.5. The third-order valence-electron chi connectivity index (χ3n) is 1.98. The predicted octanol–water partition coefficient (Wildman–Crippen LogP) is 1.50. The van der Waals surface area contributed by atoms with Gasteiger partial charge >= 0.3 is 0 Å². The van der Waals surface area contributed by atoms with Crippen LogP contribution in [0.1, 0.15) is 13.3 Å². The lowest BCUT2D eigenvalue weighted by atomic mass is 10.3. The summed E-state index contributed by atoms with van der Waals surface area (Å²) in [6.45, 7) is 1.97. The molecule has 0 fully saturated rings. The molecule has 7 heteroatoms. The summed E-state index contributed by atoms with van der Waals surface area (Å²) in [4.78, 5) is 0.266. The standard InChI is InChI=1S/C11H16N2O3S2/c1-2-7-18(14,15)13-9-3-5-10(6-4-9)16-8-11(12)17/h3-6,13H,2,7-8H2,1H3,(H2,12,17). The van der Waals surface area contributed by atoms with Crippen LogP contribution in [0.25, 0.3) is 0 Å². The lowest BCUT2D eigenvalue weighted by molar-refractivity contribution is 0.377. The van der Waals surface area contributed by atoms with Crippen LogP contribution < -0.4 is 15.2 Å². The molecule has 0 unspecified atom stereocenters. The number of anilines is 1. The molecule has 0 spiro atoms. The third-order valence-corrected chi connectivity index (χ3v) is 3.59. The lowest BCUT2D eigenvalue weighted by Crippen LogP contribution is -2.18. The van der Waals surface area contributed by atoms with Crippen LogP contribution in [0.3, 0.4) is 0 Å². The quantitative estimate of drug-likeness (QED) is 0.743. The van der Waals surface area contributed by atoms with Crippen LogP contribution in [0.15, 0.2) is 24.3 Å². The molecule has 0 aliphatic carbocycles. The summed E-state index contributed by atoms with van der Waals surface area (Å²) in [6, 6.07) is 6.56. The van der Waals surface area contributed by atoms with Crippen LogP contribution in [0, 0.1) is 0 Å². The van der Waals surface area contributed by atoms with Crippen LogP contribution in [0.4, 0.5) is 5.69 Å². The van der Waals surface area contributed by atoms with Crippen molar-refractivity contribution in [2.45, 2.75) is 13.3 Å². The summed E-state index contributed by atoms with van der Waals surface area (Å²) in [6.07, 6.45) is 0.574. The SMILES string of the molecule is CCCS(=O)(=O)Nc1ccc(OCC(N)=S)cc1. The summed E-state index contributed by atoms with van der Waals surface area (Å²) in [5, 5.41) is 0. The molecule has 0 amide bonds. The number of ether oxygens (including phenoxy) is 1. The zero-order valence-electron chi connectivity index (χ0n) is 10.0. The third kappa shape index (κ3) is 5.33. The van der Waals surface area contributed by atoms with Crippen LogP contribution in [-0.2, 0) is 10.0 Å². The van der Waals surface area contributed by atoms with Gasteiger partial charge < -0.3 is 10.5 Å². The highest BCUT2D eigenvalue weighted by molar-refractivity contribution is 7.92. The lowest BCUT2D eigenvalue weighted by Gasteiger charge is -2.08. The van der Waals surface area contributed by atoms with Crippen molar-refractivity contribution in [3.63, 3.8) is 0 Å². The fourth-order valence-corrected chi connectivity index (χ4v) is 2.47. The van der Waals surface area contributed by atoms with E-state index in [9.17, 15) is 8.42 Å². The van der Waals surface area contributed by atoms with E-state index < -0.39 is 10.0 Å². The minimum absolute atomic E-state index is 0.104. The van der Waals surface area contributed by atoms with Crippen LogP contribution in [-0.4, -0.2) is 25.8 Å². The zero-order valence-corrected chi connectivity index (χ0v) is 11.7. The van der Waals surface area contributed by atoms with Crippen molar-refractivity contribution in [2.75, 3.05) is 17.1 Å². The molecule has 1 aromatic carbocycles. The molecule has 0 saturated carbocycles. The number of nitrogens with two attached hydrogens (primary N) is 1. The first-order valence-corrected chi connectivity index (χ1v) is 7.50. The molecule has 1 aromatic rings. The van der Waals surface area contributed by atoms with E-state index in [0.717, 1.165) is 0 Å². The van der Waals surface area contributed by atoms with Gasteiger partial charge in [-0.3, -0.25) is 4.72 Å². The van der Waals surface area contributed by atoms with E-state index in [1.54, 1.807) is 24.3 Å². The second kappa shape index (κ2) is 6.55. The van der Waals surface area contributed by atoms with Crippen LogP contribution >= 0.6 is 12.2 Å². The topological polar surface area (TPSA) is 81.4 Å². The van der Waals surface area contributed by atoms with Gasteiger partial charge in [0.05, 0.1) is 5.75 Å². The molecule has 0 saturated heterocycles. The number of hydrogen-bond donors (Lipinski definition) is 2. The minimum atomic E-state index is -3.25. The molecule has 0 aliphatic rings. The molecule has 3 N–H and O–H groups in total. The van der Waals surface area contributed by atoms with E-state index in [4.69, 9.17) is 10.5 Å². The Morgan fingerprint density at radius 2 is 2.00 bits per heavy atom. The highest BCUT2D eigenvalue weighted by Gasteiger charge is 2.08. The summed E-state index contributed by atoms with van der Waals surface area (Å²) in [5.41, 5.74) is 5.81. The highest BCUT2D eigenvalue weighted by atomic mass is 32.2. The summed E-state index contributed by atoms with van der Waals surface area (Å²) >= 11 is 4.68. The van der Waals surface area contributed by atoms with Gasteiger partial charge in [0.15, 0.2) is 0 Å². The number of benzene rings is 1. The second-order valence-electron chi connectivity index (χ2n) is 3.70. The molecular formula is C11H16N2O3S2. The molecule has 18 heavy (non-hydrogen) atoms. The van der Waals surface area contributed by atoms with Crippen molar-refractivity contribution in [3.05, 3.63) is 24.3 Å². The van der Waals surface area contributed by atoms with E-state index in [-0.39, 0.29) is 17.3 Å². The van der Waals surface area contributed by atoms with Crippen molar-refractivity contribution in [3.8, 4) is 5.75 Å². The predicted molar refractivity (Wildman–Crippen MR) is 76.4 cm³/mol. The van der Waals surface area contributed by atoms with E-state index in [1.807, 2.05) is 6.92 Å². The van der Waals surface area contributed by atoms with Gasteiger partial charge in [-0.25, -0.2) is 8.42 Å². The summed E-state index contributed by atoms with van der Waals surface area (Å²) < 4.78 is 30.8. The second-order valence-corrected chi connectivity index (χ2v) is 6.07. The van der Waals surface area contributed by atoms with Gasteiger partial charge in [0.2, 0.25) is 10.0 Å². The molecule has 100 valence electrons. The van der Waals surface area contributed by atoms with Crippen LogP contribution in [0.2, 0.25) is 0 Å². The van der Waals surface area contributed by atoms with Crippen molar-refractivity contribution >= 4 is 32.9 Å². The van der Waals surface area contributed by atoms with Crippen LogP contribution in [0.5, 0.6) is 5.75 Å². The Morgan fingerprint density at radius 3 is 2.50 bits per heavy atom. The van der Waals surface area contributed by atoms with Gasteiger partial charge in [0.25, 0.3) is 0 Å². The molecule has 0 heterocycles. The molecule has 5 nitrogen and oxygen atoms in total. The van der Waals surface area contributed by atoms with Gasteiger partial charge in [-0.1, -0.05) is 19.1 Å². The molecule has 0 atom stereocenters. The maximum atomic E-state index is 11.5. The van der Waals surface area contributed by atoms with Crippen molar-refractivity contribution < 1.29 is 13.2 Å². The monoisotopic (exact) mass is 288 g/mol. The normalized spacial score (nSPS) is 10.9. The Balaban J connectivity index is 2.63. The first kappa shape index (κ1) is 14.7. The molecule has 0 aromatic heterocycles. The number of sulfonamides is 1. The van der Waals surface area contributed by atoms with E-state index >= 15 is 0 Å². The first-order valence-electron chi connectivity index (χ1n) is 5.44. The molecular weight excluding hydrogens is 272 g/mol. The average molecular weight is 288 g/mol. The Kier molecular flexibility index (Phi) is 5.36. The molecule has 0 radical (unpaired) electrons. The fourth-order valence-electron chi connectivity index (χ4n) is 1.27. The number of rotatable bonds is 7. The Labute approximate surface area is 112 Å². The molecule has 1 rings (SSSR count). The number of hydrogen-bond acceptors (Lipinski definition) is 4. The Bertz CT molecular complexity index is 498. The Hall–Kier alpha value is -1.34. The first-order chi connectivity index (χ1) is 8.43. The fraction of sp³-hybridized carbons (Fsp3) is 0.364. The molecule has 0 aliphatic heterocycles. The van der Waals surface area contributed by atoms with Crippen molar-refractivity contribution in [1.82, 2.24) is 0 Å². The van der Waals surface area contributed by atoms with Gasteiger partial charge in [-0.05, 0) is 30.7 Å².